The molecule has 0 aliphatic carbocycles. The largest absolute Gasteiger partial charge is 0.357 e. The summed E-state index contributed by atoms with van der Waals surface area (Å²) in [6.07, 6.45) is 0.571. The highest BCUT2D eigenvalue weighted by molar-refractivity contribution is 7.90. The van der Waals surface area contributed by atoms with E-state index in [1.165, 1.54) is 0 Å². The normalized spacial score (nSPS) is 12.4. The number of sulfone groups is 1. The second-order valence-electron chi connectivity index (χ2n) is 5.97. The molecular weight excluding hydrogens is 310 g/mol. The van der Waals surface area contributed by atoms with E-state index in [1.807, 2.05) is 37.3 Å². The van der Waals surface area contributed by atoms with Crippen molar-refractivity contribution in [1.29, 1.82) is 0 Å². The van der Waals surface area contributed by atoms with Crippen LogP contribution in [0, 0.1) is 5.92 Å². The van der Waals surface area contributed by atoms with E-state index in [1.54, 1.807) is 0 Å². The zero-order chi connectivity index (χ0) is 17.1. The number of benzene rings is 1. The molecule has 0 aliphatic heterocycles. The Balaban J connectivity index is 2.38. The minimum atomic E-state index is -3.07. The van der Waals surface area contributed by atoms with Crippen molar-refractivity contribution in [2.24, 2.45) is 10.9 Å². The van der Waals surface area contributed by atoms with Gasteiger partial charge in [-0.1, -0.05) is 44.2 Å². The van der Waals surface area contributed by atoms with Crippen LogP contribution < -0.4 is 10.6 Å². The van der Waals surface area contributed by atoms with E-state index in [2.05, 4.69) is 29.5 Å². The van der Waals surface area contributed by atoms with Gasteiger partial charge >= 0.3 is 0 Å². The molecule has 0 atom stereocenters. The van der Waals surface area contributed by atoms with Crippen LogP contribution in [0.1, 0.15) is 32.8 Å². The lowest BCUT2D eigenvalue weighted by atomic mass is 10.2. The number of rotatable bonds is 9. The van der Waals surface area contributed by atoms with Gasteiger partial charge in [0.15, 0.2) is 15.8 Å². The van der Waals surface area contributed by atoms with Crippen LogP contribution in [0.15, 0.2) is 35.3 Å². The summed E-state index contributed by atoms with van der Waals surface area (Å²) in [6.45, 7) is 8.37. The van der Waals surface area contributed by atoms with Crippen LogP contribution in [-0.4, -0.2) is 39.8 Å². The molecule has 0 aliphatic rings. The molecule has 1 aromatic carbocycles. The average molecular weight is 340 g/mol. The van der Waals surface area contributed by atoms with E-state index < -0.39 is 9.84 Å². The average Bonchev–Trinajstić information content (AvgIpc) is 2.49. The fourth-order valence-electron chi connectivity index (χ4n) is 2.01. The molecule has 23 heavy (non-hydrogen) atoms. The highest BCUT2D eigenvalue weighted by atomic mass is 32.2. The lowest BCUT2D eigenvalue weighted by molar-refractivity contribution is 0.591. The second-order valence-corrected chi connectivity index (χ2v) is 8.16. The maximum Gasteiger partial charge on any atom is 0.191 e. The third-order valence-electron chi connectivity index (χ3n) is 3.11. The van der Waals surface area contributed by atoms with Gasteiger partial charge in [-0.3, -0.25) is 4.99 Å². The van der Waals surface area contributed by atoms with Crippen LogP contribution in [0.2, 0.25) is 0 Å². The predicted octanol–water partition coefficient (Wildman–Crippen LogP) is 2.20. The Morgan fingerprint density at radius 2 is 1.87 bits per heavy atom. The highest BCUT2D eigenvalue weighted by Crippen LogP contribution is 2.06. The number of aliphatic imine (C=N–C) groups is 1. The van der Waals surface area contributed by atoms with E-state index in [0.29, 0.717) is 18.9 Å². The lowest BCUT2D eigenvalue weighted by Crippen LogP contribution is -2.38. The van der Waals surface area contributed by atoms with Crippen LogP contribution in [0.5, 0.6) is 0 Å². The summed E-state index contributed by atoms with van der Waals surface area (Å²) in [4.78, 5) is 4.46. The van der Waals surface area contributed by atoms with Crippen molar-refractivity contribution in [3.63, 3.8) is 0 Å². The zero-order valence-corrected chi connectivity index (χ0v) is 15.2. The zero-order valence-electron chi connectivity index (χ0n) is 14.4. The van der Waals surface area contributed by atoms with Crippen molar-refractivity contribution in [3.8, 4) is 0 Å². The summed E-state index contributed by atoms with van der Waals surface area (Å²) in [5.74, 6) is 1.53. The van der Waals surface area contributed by atoms with Crippen molar-refractivity contribution >= 4 is 15.8 Å². The number of hydrogen-bond donors (Lipinski definition) is 2. The third-order valence-corrected chi connectivity index (χ3v) is 4.80. The summed E-state index contributed by atoms with van der Waals surface area (Å²) < 4.78 is 24.2. The first kappa shape index (κ1) is 19.5. The molecule has 0 unspecified atom stereocenters. The molecule has 2 N–H and O–H groups in total. The summed E-state index contributed by atoms with van der Waals surface area (Å²) >= 11 is 0. The maximum atomic E-state index is 12.1. The van der Waals surface area contributed by atoms with Crippen LogP contribution in [-0.2, 0) is 15.6 Å². The fourth-order valence-corrected chi connectivity index (χ4v) is 3.44. The summed E-state index contributed by atoms with van der Waals surface area (Å²) in [5.41, 5.74) is 0.840. The Bertz CT molecular complexity index is 569. The van der Waals surface area contributed by atoms with Gasteiger partial charge in [-0.15, -0.1) is 0 Å². The molecule has 0 saturated heterocycles. The van der Waals surface area contributed by atoms with Crippen molar-refractivity contribution in [2.45, 2.75) is 32.9 Å². The molecule has 130 valence electrons. The Morgan fingerprint density at radius 3 is 2.48 bits per heavy atom. The molecule has 6 heteroatoms. The molecule has 0 saturated carbocycles. The maximum absolute atomic E-state index is 12.1. The van der Waals surface area contributed by atoms with Gasteiger partial charge in [-0.2, -0.15) is 0 Å². The van der Waals surface area contributed by atoms with Crippen molar-refractivity contribution < 1.29 is 8.42 Å². The number of guanidine groups is 1. The van der Waals surface area contributed by atoms with Crippen molar-refractivity contribution in [1.82, 2.24) is 10.6 Å². The van der Waals surface area contributed by atoms with Crippen molar-refractivity contribution in [2.75, 3.05) is 25.4 Å². The van der Waals surface area contributed by atoms with E-state index in [9.17, 15) is 8.42 Å². The Kier molecular flexibility index (Phi) is 8.69. The molecule has 0 heterocycles. The topological polar surface area (TPSA) is 70.6 Å². The van der Waals surface area contributed by atoms with E-state index >= 15 is 0 Å². The Morgan fingerprint density at radius 1 is 1.17 bits per heavy atom. The summed E-state index contributed by atoms with van der Waals surface area (Å²) in [6, 6.07) is 9.30. The third kappa shape index (κ3) is 9.23. The van der Waals surface area contributed by atoms with Gasteiger partial charge in [0.2, 0.25) is 0 Å². The highest BCUT2D eigenvalue weighted by Gasteiger charge is 2.11. The second kappa shape index (κ2) is 10.3. The monoisotopic (exact) mass is 339 g/mol. The predicted molar refractivity (Wildman–Crippen MR) is 97.4 cm³/mol. The van der Waals surface area contributed by atoms with Gasteiger partial charge in [-0.25, -0.2) is 8.42 Å². The van der Waals surface area contributed by atoms with Gasteiger partial charge in [0.1, 0.15) is 0 Å². The van der Waals surface area contributed by atoms with E-state index in [-0.39, 0.29) is 11.5 Å². The lowest BCUT2D eigenvalue weighted by Gasteiger charge is -2.12. The Labute approximate surface area is 140 Å². The number of hydrogen-bond acceptors (Lipinski definition) is 3. The molecule has 0 bridgehead atoms. The van der Waals surface area contributed by atoms with Crippen LogP contribution in [0.4, 0.5) is 0 Å². The number of nitrogens with zero attached hydrogens (tertiary/aromatic N) is 1. The molecule has 0 spiro atoms. The van der Waals surface area contributed by atoms with Gasteiger partial charge in [0.25, 0.3) is 0 Å². The SMILES string of the molecule is CCNC(=NCC(C)C)NCCCS(=O)(=O)Cc1ccccc1. The first-order valence-corrected chi connectivity index (χ1v) is 10.0. The molecule has 0 amide bonds. The smallest absolute Gasteiger partial charge is 0.191 e. The standard InChI is InChI=1S/C17H29N3O2S/c1-4-18-17(20-13-15(2)3)19-11-8-12-23(21,22)14-16-9-6-5-7-10-16/h5-7,9-10,15H,4,8,11-14H2,1-3H3,(H2,18,19,20). The van der Waals surface area contributed by atoms with Crippen molar-refractivity contribution in [3.05, 3.63) is 35.9 Å². The van der Waals surface area contributed by atoms with Gasteiger partial charge in [-0.05, 0) is 24.8 Å². The minimum Gasteiger partial charge on any atom is -0.357 e. The van der Waals surface area contributed by atoms with E-state index in [0.717, 1.165) is 24.6 Å². The van der Waals surface area contributed by atoms with E-state index in [4.69, 9.17) is 0 Å². The first-order chi connectivity index (χ1) is 10.9. The van der Waals surface area contributed by atoms with Gasteiger partial charge < -0.3 is 10.6 Å². The Hall–Kier alpha value is -1.56. The summed E-state index contributed by atoms with van der Waals surface area (Å²) in [5, 5.41) is 6.35. The van der Waals surface area contributed by atoms with Crippen LogP contribution in [0.25, 0.3) is 0 Å². The fraction of sp³-hybridized carbons (Fsp3) is 0.588. The quantitative estimate of drug-likeness (QED) is 0.411. The molecular formula is C17H29N3O2S. The molecule has 0 aromatic heterocycles. The molecule has 1 rings (SSSR count). The molecule has 5 nitrogen and oxygen atoms in total. The van der Waals surface area contributed by atoms with Crippen LogP contribution >= 0.6 is 0 Å². The van der Waals surface area contributed by atoms with Gasteiger partial charge in [0, 0.05) is 19.6 Å². The first-order valence-electron chi connectivity index (χ1n) is 8.19. The minimum absolute atomic E-state index is 0.106. The van der Waals surface area contributed by atoms with Crippen LogP contribution in [0.3, 0.4) is 0 Å². The summed E-state index contributed by atoms with van der Waals surface area (Å²) in [7, 11) is -3.07. The van der Waals surface area contributed by atoms with Gasteiger partial charge in [0.05, 0.1) is 11.5 Å². The molecule has 1 aromatic rings. The number of nitrogens with one attached hydrogen (secondary N) is 2. The molecule has 0 fully saturated rings. The molecule has 0 radical (unpaired) electrons.